The molecule has 6 heteroatoms. The molecule has 2 atom stereocenters. The molecule has 4 nitrogen and oxygen atoms in total. The van der Waals surface area contributed by atoms with E-state index in [0.29, 0.717) is 29.1 Å². The standard InChI is InChI=1S/C13H16Cl2N2O2/c1-8-2-9(13(18)19)6-17(5-8)7-12-11(15)3-10(14)4-16-12/h3-4,8-9H,2,5-7H2,1H3,(H,18,19). The number of aliphatic carboxylic acids is 1. The number of carboxylic acids is 1. The van der Waals surface area contributed by atoms with Crippen LogP contribution < -0.4 is 0 Å². The van der Waals surface area contributed by atoms with Gasteiger partial charge in [-0.1, -0.05) is 30.1 Å². The highest BCUT2D eigenvalue weighted by Crippen LogP contribution is 2.25. The number of likely N-dealkylation sites (tertiary alicyclic amines) is 1. The van der Waals surface area contributed by atoms with Crippen molar-refractivity contribution in [2.45, 2.75) is 19.9 Å². The molecule has 2 rings (SSSR count). The van der Waals surface area contributed by atoms with Crippen LogP contribution in [0.15, 0.2) is 12.3 Å². The summed E-state index contributed by atoms with van der Waals surface area (Å²) in [5, 5.41) is 10.2. The van der Waals surface area contributed by atoms with Gasteiger partial charge in [0.25, 0.3) is 0 Å². The molecule has 0 saturated carbocycles. The number of halogens is 2. The summed E-state index contributed by atoms with van der Waals surface area (Å²) in [6, 6.07) is 1.66. The van der Waals surface area contributed by atoms with E-state index in [4.69, 9.17) is 28.3 Å². The number of hydrogen-bond acceptors (Lipinski definition) is 3. The molecule has 1 fully saturated rings. The maximum Gasteiger partial charge on any atom is 0.307 e. The van der Waals surface area contributed by atoms with Crippen molar-refractivity contribution >= 4 is 29.2 Å². The van der Waals surface area contributed by atoms with Crippen molar-refractivity contribution in [1.29, 1.82) is 0 Å². The lowest BCUT2D eigenvalue weighted by atomic mass is 9.90. The van der Waals surface area contributed by atoms with Crippen molar-refractivity contribution < 1.29 is 9.90 Å². The number of rotatable bonds is 3. The third-order valence-corrected chi connectivity index (χ3v) is 3.88. The number of pyridine rings is 1. The third kappa shape index (κ3) is 3.81. The molecule has 1 aliphatic rings. The summed E-state index contributed by atoms with van der Waals surface area (Å²) < 4.78 is 0. The molecular weight excluding hydrogens is 287 g/mol. The van der Waals surface area contributed by atoms with Crippen LogP contribution in [0.1, 0.15) is 19.0 Å². The second kappa shape index (κ2) is 6.07. The van der Waals surface area contributed by atoms with Crippen LogP contribution in [0, 0.1) is 11.8 Å². The largest absolute Gasteiger partial charge is 0.481 e. The second-order valence-electron chi connectivity index (χ2n) is 5.15. The number of hydrogen-bond donors (Lipinski definition) is 1. The third-order valence-electron chi connectivity index (χ3n) is 3.34. The van der Waals surface area contributed by atoms with E-state index >= 15 is 0 Å². The van der Waals surface area contributed by atoms with Gasteiger partial charge in [-0.05, 0) is 18.4 Å². The molecule has 0 spiro atoms. The number of aromatic nitrogens is 1. The summed E-state index contributed by atoms with van der Waals surface area (Å²) in [6.45, 7) is 4.04. The Labute approximate surface area is 122 Å². The van der Waals surface area contributed by atoms with Crippen molar-refractivity contribution in [3.05, 3.63) is 28.0 Å². The van der Waals surface area contributed by atoms with Crippen LogP contribution in [-0.4, -0.2) is 34.0 Å². The molecule has 0 amide bonds. The number of piperidine rings is 1. The highest BCUT2D eigenvalue weighted by molar-refractivity contribution is 6.34. The molecule has 0 aromatic carbocycles. The van der Waals surface area contributed by atoms with Crippen LogP contribution in [0.25, 0.3) is 0 Å². The van der Waals surface area contributed by atoms with E-state index in [9.17, 15) is 4.79 Å². The lowest BCUT2D eigenvalue weighted by Crippen LogP contribution is -2.42. The van der Waals surface area contributed by atoms with Crippen molar-refractivity contribution in [3.8, 4) is 0 Å². The predicted octanol–water partition coefficient (Wildman–Crippen LogP) is 2.93. The number of carboxylic acid groups (broad SMARTS) is 1. The minimum atomic E-state index is -0.730. The molecule has 1 aliphatic heterocycles. The van der Waals surface area contributed by atoms with Gasteiger partial charge < -0.3 is 5.11 Å². The highest BCUT2D eigenvalue weighted by atomic mass is 35.5. The van der Waals surface area contributed by atoms with Crippen LogP contribution >= 0.6 is 23.2 Å². The van der Waals surface area contributed by atoms with E-state index < -0.39 is 5.97 Å². The Bertz CT molecular complexity index is 482. The van der Waals surface area contributed by atoms with Gasteiger partial charge in [-0.15, -0.1) is 0 Å². The van der Waals surface area contributed by atoms with E-state index in [-0.39, 0.29) is 5.92 Å². The maximum absolute atomic E-state index is 11.1. The van der Waals surface area contributed by atoms with Gasteiger partial charge in [0.05, 0.1) is 21.7 Å². The molecular formula is C13H16Cl2N2O2. The summed E-state index contributed by atoms with van der Waals surface area (Å²) in [7, 11) is 0. The zero-order valence-electron chi connectivity index (χ0n) is 10.6. The average Bonchev–Trinajstić information content (AvgIpc) is 2.32. The minimum absolute atomic E-state index is 0.310. The summed E-state index contributed by atoms with van der Waals surface area (Å²) in [6.07, 6.45) is 2.29. The Balaban J connectivity index is 2.07. The van der Waals surface area contributed by atoms with Crippen molar-refractivity contribution in [2.24, 2.45) is 11.8 Å². The van der Waals surface area contributed by atoms with Gasteiger partial charge in [0.2, 0.25) is 0 Å². The molecule has 19 heavy (non-hydrogen) atoms. The van der Waals surface area contributed by atoms with Gasteiger partial charge in [0.15, 0.2) is 0 Å². The Hall–Kier alpha value is -0.840. The SMILES string of the molecule is CC1CC(C(=O)O)CN(Cc2ncc(Cl)cc2Cl)C1. The molecule has 0 bridgehead atoms. The molecule has 1 N–H and O–H groups in total. The summed E-state index contributed by atoms with van der Waals surface area (Å²) >= 11 is 11.9. The van der Waals surface area contributed by atoms with Gasteiger partial charge in [-0.3, -0.25) is 14.7 Å². The quantitative estimate of drug-likeness (QED) is 0.933. The first kappa shape index (κ1) is 14.6. The van der Waals surface area contributed by atoms with Crippen LogP contribution in [-0.2, 0) is 11.3 Å². The fraction of sp³-hybridized carbons (Fsp3) is 0.538. The van der Waals surface area contributed by atoms with Gasteiger partial charge in [-0.2, -0.15) is 0 Å². The minimum Gasteiger partial charge on any atom is -0.481 e. The Morgan fingerprint density at radius 3 is 2.89 bits per heavy atom. The number of carbonyl (C=O) groups is 1. The molecule has 2 unspecified atom stereocenters. The molecule has 1 saturated heterocycles. The molecule has 1 aromatic heterocycles. The van der Waals surface area contributed by atoms with Crippen LogP contribution in [0.2, 0.25) is 10.0 Å². The summed E-state index contributed by atoms with van der Waals surface area (Å²) in [5.41, 5.74) is 0.740. The van der Waals surface area contributed by atoms with Gasteiger partial charge in [-0.25, -0.2) is 0 Å². The van der Waals surface area contributed by atoms with Crippen molar-refractivity contribution in [2.75, 3.05) is 13.1 Å². The normalized spacial score (nSPS) is 24.4. The fourth-order valence-corrected chi connectivity index (χ4v) is 2.98. The Morgan fingerprint density at radius 2 is 2.26 bits per heavy atom. The molecule has 2 heterocycles. The van der Waals surface area contributed by atoms with E-state index in [1.54, 1.807) is 12.3 Å². The Kier molecular flexibility index (Phi) is 4.66. The van der Waals surface area contributed by atoms with E-state index in [2.05, 4.69) is 16.8 Å². The lowest BCUT2D eigenvalue weighted by Gasteiger charge is -2.34. The molecule has 1 aromatic rings. The van der Waals surface area contributed by atoms with E-state index in [1.165, 1.54) is 0 Å². The average molecular weight is 303 g/mol. The van der Waals surface area contributed by atoms with Crippen LogP contribution in [0.4, 0.5) is 0 Å². The molecule has 0 aliphatic carbocycles. The number of nitrogens with zero attached hydrogens (tertiary/aromatic N) is 2. The maximum atomic E-state index is 11.1. The van der Waals surface area contributed by atoms with Gasteiger partial charge >= 0.3 is 5.97 Å². The zero-order valence-corrected chi connectivity index (χ0v) is 12.2. The fourth-order valence-electron chi connectivity index (χ4n) is 2.54. The first-order chi connectivity index (χ1) is 8.95. The molecule has 0 radical (unpaired) electrons. The first-order valence-electron chi connectivity index (χ1n) is 6.20. The van der Waals surface area contributed by atoms with E-state index in [1.807, 2.05) is 0 Å². The monoisotopic (exact) mass is 302 g/mol. The first-order valence-corrected chi connectivity index (χ1v) is 6.96. The van der Waals surface area contributed by atoms with Crippen molar-refractivity contribution in [1.82, 2.24) is 9.88 Å². The van der Waals surface area contributed by atoms with Crippen LogP contribution in [0.3, 0.4) is 0 Å². The van der Waals surface area contributed by atoms with Crippen LogP contribution in [0.5, 0.6) is 0 Å². The zero-order chi connectivity index (χ0) is 14.0. The predicted molar refractivity (Wildman–Crippen MR) is 74.4 cm³/mol. The Morgan fingerprint density at radius 1 is 1.53 bits per heavy atom. The second-order valence-corrected chi connectivity index (χ2v) is 6.00. The molecule has 104 valence electrons. The van der Waals surface area contributed by atoms with E-state index in [0.717, 1.165) is 18.7 Å². The van der Waals surface area contributed by atoms with Gasteiger partial charge in [0, 0.05) is 25.8 Å². The highest BCUT2D eigenvalue weighted by Gasteiger charge is 2.29. The topological polar surface area (TPSA) is 53.4 Å². The summed E-state index contributed by atoms with van der Waals surface area (Å²) in [4.78, 5) is 17.4. The summed E-state index contributed by atoms with van der Waals surface area (Å²) in [5.74, 6) is -0.678. The van der Waals surface area contributed by atoms with Crippen molar-refractivity contribution in [3.63, 3.8) is 0 Å². The lowest BCUT2D eigenvalue weighted by molar-refractivity contribution is -0.144. The smallest absolute Gasteiger partial charge is 0.307 e. The van der Waals surface area contributed by atoms with Gasteiger partial charge in [0.1, 0.15) is 0 Å².